The van der Waals surface area contributed by atoms with Crippen LogP contribution in [0.1, 0.15) is 22.3 Å². The summed E-state index contributed by atoms with van der Waals surface area (Å²) in [7, 11) is 3.09. The zero-order valence-electron chi connectivity index (χ0n) is 18.1. The van der Waals surface area contributed by atoms with Gasteiger partial charge < -0.3 is 14.8 Å². The van der Waals surface area contributed by atoms with Crippen LogP contribution >= 0.6 is 11.8 Å². The van der Waals surface area contributed by atoms with Crippen molar-refractivity contribution in [1.82, 2.24) is 4.90 Å². The summed E-state index contributed by atoms with van der Waals surface area (Å²) in [4.78, 5) is 38.8. The molecule has 0 bridgehead atoms. The van der Waals surface area contributed by atoms with E-state index in [0.717, 1.165) is 33.4 Å². The van der Waals surface area contributed by atoms with Gasteiger partial charge in [-0.1, -0.05) is 6.07 Å². The molecule has 8 heteroatoms. The van der Waals surface area contributed by atoms with Crippen LogP contribution in [0.2, 0.25) is 0 Å². The highest BCUT2D eigenvalue weighted by molar-refractivity contribution is 8.18. The highest BCUT2D eigenvalue weighted by Gasteiger charge is 2.36. The highest BCUT2D eigenvalue weighted by Crippen LogP contribution is 2.37. The van der Waals surface area contributed by atoms with E-state index in [2.05, 4.69) is 5.32 Å². The molecule has 0 aliphatic carbocycles. The first-order valence-corrected chi connectivity index (χ1v) is 10.4. The van der Waals surface area contributed by atoms with E-state index in [1.54, 1.807) is 31.4 Å². The van der Waals surface area contributed by atoms with E-state index in [1.807, 2.05) is 32.9 Å². The standard InChI is InChI=1S/C23H24N2O5S/c1-13-6-8-17(10-14(13)2)24-20(26)12-25-22(27)19(31-23(25)28)11-16-7-9-18(29-4)15(3)21(16)30-5/h6-11H,12H2,1-5H3,(H,24,26)/b19-11-. The van der Waals surface area contributed by atoms with E-state index >= 15 is 0 Å². The fourth-order valence-corrected chi connectivity index (χ4v) is 4.07. The van der Waals surface area contributed by atoms with Gasteiger partial charge in [-0.2, -0.15) is 0 Å². The number of rotatable bonds is 6. The van der Waals surface area contributed by atoms with E-state index in [1.165, 1.54) is 7.11 Å². The molecule has 0 spiro atoms. The Kier molecular flexibility index (Phi) is 6.70. The largest absolute Gasteiger partial charge is 0.496 e. The van der Waals surface area contributed by atoms with Gasteiger partial charge in [0.05, 0.1) is 19.1 Å². The number of carbonyl (C=O) groups excluding carboxylic acids is 3. The molecule has 1 aliphatic heterocycles. The van der Waals surface area contributed by atoms with Crippen molar-refractivity contribution < 1.29 is 23.9 Å². The maximum absolute atomic E-state index is 12.8. The minimum absolute atomic E-state index is 0.229. The number of ether oxygens (including phenoxy) is 2. The number of nitrogens with zero attached hydrogens (tertiary/aromatic N) is 1. The third-order valence-electron chi connectivity index (χ3n) is 5.06. The molecular weight excluding hydrogens is 416 g/mol. The van der Waals surface area contributed by atoms with Gasteiger partial charge in [0, 0.05) is 16.8 Å². The molecule has 2 aromatic rings. The van der Waals surface area contributed by atoms with Gasteiger partial charge >= 0.3 is 0 Å². The molecule has 1 heterocycles. The van der Waals surface area contributed by atoms with E-state index in [4.69, 9.17) is 9.47 Å². The van der Waals surface area contributed by atoms with Crippen LogP contribution in [0.25, 0.3) is 6.08 Å². The summed E-state index contributed by atoms with van der Waals surface area (Å²) in [5.41, 5.74) is 4.19. The number of benzene rings is 2. The minimum atomic E-state index is -0.513. The number of methoxy groups -OCH3 is 2. The zero-order valence-corrected chi connectivity index (χ0v) is 18.9. The summed E-state index contributed by atoms with van der Waals surface area (Å²) < 4.78 is 10.8. The average Bonchev–Trinajstić information content (AvgIpc) is 2.98. The molecule has 0 radical (unpaired) electrons. The van der Waals surface area contributed by atoms with E-state index < -0.39 is 17.1 Å². The van der Waals surface area contributed by atoms with Crippen LogP contribution < -0.4 is 14.8 Å². The fraction of sp³-hybridized carbons (Fsp3) is 0.261. The Balaban J connectivity index is 1.77. The van der Waals surface area contributed by atoms with Crippen LogP contribution in [0.5, 0.6) is 11.5 Å². The number of hydrogen-bond acceptors (Lipinski definition) is 6. The lowest BCUT2D eigenvalue weighted by Gasteiger charge is -2.14. The molecule has 162 valence electrons. The molecule has 2 aromatic carbocycles. The summed E-state index contributed by atoms with van der Waals surface area (Å²) >= 11 is 0.796. The maximum atomic E-state index is 12.8. The number of hydrogen-bond donors (Lipinski definition) is 1. The Hall–Kier alpha value is -3.26. The molecule has 7 nitrogen and oxygen atoms in total. The Morgan fingerprint density at radius 3 is 2.45 bits per heavy atom. The van der Waals surface area contributed by atoms with E-state index in [9.17, 15) is 14.4 Å². The SMILES string of the molecule is COc1ccc(/C=C2\SC(=O)N(CC(=O)Nc3ccc(C)c(C)c3)C2=O)c(OC)c1C. The van der Waals surface area contributed by atoms with Crippen LogP contribution in [0.3, 0.4) is 0 Å². The van der Waals surface area contributed by atoms with Gasteiger partial charge in [0.1, 0.15) is 18.0 Å². The van der Waals surface area contributed by atoms with Gasteiger partial charge in [-0.25, -0.2) is 0 Å². The molecule has 0 aromatic heterocycles. The number of amides is 3. The Labute approximate surface area is 185 Å². The molecule has 1 N–H and O–H groups in total. The molecule has 0 saturated carbocycles. The first-order valence-electron chi connectivity index (χ1n) is 9.59. The number of imide groups is 1. The summed E-state index contributed by atoms with van der Waals surface area (Å²) in [6.45, 7) is 5.42. The minimum Gasteiger partial charge on any atom is -0.496 e. The molecular formula is C23H24N2O5S. The molecule has 0 atom stereocenters. The lowest BCUT2D eigenvalue weighted by molar-refractivity contribution is -0.127. The number of carbonyl (C=O) groups is 3. The van der Waals surface area contributed by atoms with Crippen molar-refractivity contribution >= 4 is 40.6 Å². The monoisotopic (exact) mass is 440 g/mol. The highest BCUT2D eigenvalue weighted by atomic mass is 32.2. The van der Waals surface area contributed by atoms with Crippen molar-refractivity contribution in [2.45, 2.75) is 20.8 Å². The molecule has 31 heavy (non-hydrogen) atoms. The van der Waals surface area contributed by atoms with Crippen molar-refractivity contribution in [2.24, 2.45) is 0 Å². The van der Waals surface area contributed by atoms with Crippen molar-refractivity contribution in [3.63, 3.8) is 0 Å². The van der Waals surface area contributed by atoms with Crippen LogP contribution in [0, 0.1) is 20.8 Å². The second-order valence-corrected chi connectivity index (χ2v) is 8.12. The number of nitrogens with one attached hydrogen (secondary N) is 1. The van der Waals surface area contributed by atoms with Gasteiger partial charge in [-0.15, -0.1) is 0 Å². The summed E-state index contributed by atoms with van der Waals surface area (Å²) in [6, 6.07) is 9.06. The third-order valence-corrected chi connectivity index (χ3v) is 5.97. The Morgan fingerprint density at radius 2 is 1.81 bits per heavy atom. The van der Waals surface area contributed by atoms with Crippen LogP contribution in [0.15, 0.2) is 35.2 Å². The lowest BCUT2D eigenvalue weighted by Crippen LogP contribution is -2.36. The first kappa shape index (κ1) is 22.4. The van der Waals surface area contributed by atoms with Crippen LogP contribution in [0.4, 0.5) is 10.5 Å². The topological polar surface area (TPSA) is 84.9 Å². The number of thioether (sulfide) groups is 1. The van der Waals surface area contributed by atoms with E-state index in [0.29, 0.717) is 22.7 Å². The van der Waals surface area contributed by atoms with Gasteiger partial charge in [0.2, 0.25) is 5.91 Å². The smallest absolute Gasteiger partial charge is 0.294 e. The zero-order chi connectivity index (χ0) is 22.7. The number of anilines is 1. The summed E-state index contributed by atoms with van der Waals surface area (Å²) in [5, 5.41) is 2.24. The maximum Gasteiger partial charge on any atom is 0.294 e. The van der Waals surface area contributed by atoms with Gasteiger partial charge in [-0.05, 0) is 74.0 Å². The lowest BCUT2D eigenvalue weighted by atomic mass is 10.1. The molecule has 3 rings (SSSR count). The Bertz CT molecular complexity index is 1090. The quantitative estimate of drug-likeness (QED) is 0.674. The van der Waals surface area contributed by atoms with Crippen LogP contribution in [-0.4, -0.2) is 42.7 Å². The second-order valence-electron chi connectivity index (χ2n) is 7.13. The van der Waals surface area contributed by atoms with Crippen molar-refractivity contribution in [1.29, 1.82) is 0 Å². The first-order chi connectivity index (χ1) is 14.7. The molecule has 1 saturated heterocycles. The van der Waals surface area contributed by atoms with Gasteiger partial charge in [-0.3, -0.25) is 19.3 Å². The van der Waals surface area contributed by atoms with Crippen LogP contribution in [-0.2, 0) is 9.59 Å². The summed E-state index contributed by atoms with van der Waals surface area (Å²) in [5.74, 6) is 0.259. The number of aryl methyl sites for hydroxylation is 2. The van der Waals surface area contributed by atoms with Gasteiger partial charge in [0.15, 0.2) is 0 Å². The third kappa shape index (κ3) is 4.74. The normalized spacial score (nSPS) is 14.9. The molecule has 1 aliphatic rings. The summed E-state index contributed by atoms with van der Waals surface area (Å²) in [6.07, 6.45) is 1.59. The van der Waals surface area contributed by atoms with Crippen molar-refractivity contribution in [3.8, 4) is 11.5 Å². The second kappa shape index (κ2) is 9.26. The molecule has 1 fully saturated rings. The molecule has 3 amide bonds. The molecule has 0 unspecified atom stereocenters. The average molecular weight is 441 g/mol. The predicted octanol–water partition coefficient (Wildman–Crippen LogP) is 4.30. The fourth-order valence-electron chi connectivity index (χ4n) is 3.24. The van der Waals surface area contributed by atoms with E-state index in [-0.39, 0.29) is 11.4 Å². The van der Waals surface area contributed by atoms with Crippen molar-refractivity contribution in [2.75, 3.05) is 26.1 Å². The Morgan fingerprint density at radius 1 is 1.06 bits per heavy atom. The van der Waals surface area contributed by atoms with Crippen molar-refractivity contribution in [3.05, 3.63) is 57.5 Å². The van der Waals surface area contributed by atoms with Gasteiger partial charge in [0.25, 0.3) is 11.1 Å². The predicted molar refractivity (Wildman–Crippen MR) is 122 cm³/mol.